The van der Waals surface area contributed by atoms with Gasteiger partial charge < -0.3 is 5.32 Å². The highest BCUT2D eigenvalue weighted by Crippen LogP contribution is 2.38. The van der Waals surface area contributed by atoms with Crippen LogP contribution in [0.3, 0.4) is 0 Å². The molecule has 0 atom stereocenters. The fourth-order valence-corrected chi connectivity index (χ4v) is 4.16. The molecule has 0 bridgehead atoms. The van der Waals surface area contributed by atoms with Gasteiger partial charge in [0, 0.05) is 16.6 Å². The summed E-state index contributed by atoms with van der Waals surface area (Å²) in [4.78, 5) is 16.7. The van der Waals surface area contributed by atoms with Gasteiger partial charge in [-0.05, 0) is 24.3 Å². The number of thiocarbonyl (C=S) groups is 1. The molecular weight excluding hydrogens is 401 g/mol. The Kier molecular flexibility index (Phi) is 4.69. The van der Waals surface area contributed by atoms with E-state index in [-0.39, 0.29) is 16.5 Å². The van der Waals surface area contributed by atoms with Gasteiger partial charge in [-0.2, -0.15) is 13.2 Å². The van der Waals surface area contributed by atoms with E-state index in [1.807, 2.05) is 0 Å². The third kappa shape index (κ3) is 3.64. The van der Waals surface area contributed by atoms with Crippen LogP contribution in [0, 0.1) is 0 Å². The quantitative estimate of drug-likeness (QED) is 0.564. The van der Waals surface area contributed by atoms with Gasteiger partial charge in [-0.3, -0.25) is 4.79 Å². The standard InChI is InChI=1S/C14H6ClF3N2OS3/c15-9-2-1-6(14(16,17)18)3-8(9)12-19-5-7(23-12)4-10-11(21)20-13(22)24-10/h1-5H,(H,20,21,22)/b10-4-. The van der Waals surface area contributed by atoms with Crippen LogP contribution in [-0.2, 0) is 11.0 Å². The number of thiazole rings is 1. The summed E-state index contributed by atoms with van der Waals surface area (Å²) < 4.78 is 38.9. The second kappa shape index (κ2) is 6.47. The molecular formula is C14H6ClF3N2OS3. The smallest absolute Gasteiger partial charge is 0.307 e. The van der Waals surface area contributed by atoms with Crippen molar-refractivity contribution in [2.75, 3.05) is 0 Å². The molecule has 1 fully saturated rings. The van der Waals surface area contributed by atoms with Gasteiger partial charge in [-0.15, -0.1) is 11.3 Å². The van der Waals surface area contributed by atoms with Gasteiger partial charge in [0.2, 0.25) is 0 Å². The molecule has 3 nitrogen and oxygen atoms in total. The number of alkyl halides is 3. The highest BCUT2D eigenvalue weighted by molar-refractivity contribution is 8.26. The Bertz CT molecular complexity index is 876. The number of benzene rings is 1. The second-order valence-electron chi connectivity index (χ2n) is 4.61. The molecule has 0 spiro atoms. The largest absolute Gasteiger partial charge is 0.416 e. The van der Waals surface area contributed by atoms with Crippen LogP contribution >= 0.6 is 46.9 Å². The molecule has 0 aliphatic carbocycles. The zero-order chi connectivity index (χ0) is 17.5. The first-order valence-corrected chi connectivity index (χ1v) is 8.74. The molecule has 10 heteroatoms. The van der Waals surface area contributed by atoms with Crippen LogP contribution in [0.4, 0.5) is 13.2 Å². The molecule has 0 saturated carbocycles. The van der Waals surface area contributed by atoms with Crippen molar-refractivity contribution < 1.29 is 18.0 Å². The van der Waals surface area contributed by atoms with E-state index >= 15 is 0 Å². The van der Waals surface area contributed by atoms with E-state index in [9.17, 15) is 18.0 Å². The molecule has 1 N–H and O–H groups in total. The molecule has 1 amide bonds. The summed E-state index contributed by atoms with van der Waals surface area (Å²) >= 11 is 13.1. The van der Waals surface area contributed by atoms with Crippen LogP contribution in [0.15, 0.2) is 29.3 Å². The summed E-state index contributed by atoms with van der Waals surface area (Å²) in [5, 5.41) is 2.99. The summed E-state index contributed by atoms with van der Waals surface area (Å²) in [6.07, 6.45) is -1.41. The maximum absolute atomic E-state index is 12.8. The van der Waals surface area contributed by atoms with Crippen LogP contribution in [0.5, 0.6) is 0 Å². The first kappa shape index (κ1) is 17.4. The minimum absolute atomic E-state index is 0.172. The number of carbonyl (C=O) groups excluding carboxylic acids is 1. The van der Waals surface area contributed by atoms with Crippen LogP contribution in [0.25, 0.3) is 16.6 Å². The average Bonchev–Trinajstić information content (AvgIpc) is 3.05. The lowest BCUT2D eigenvalue weighted by Crippen LogP contribution is -2.17. The number of thioether (sulfide) groups is 1. The summed E-state index contributed by atoms with van der Waals surface area (Å²) in [5.74, 6) is -0.308. The zero-order valence-corrected chi connectivity index (χ0v) is 14.7. The van der Waals surface area contributed by atoms with E-state index in [1.54, 1.807) is 6.08 Å². The molecule has 1 aromatic heterocycles. The van der Waals surface area contributed by atoms with E-state index in [2.05, 4.69) is 10.3 Å². The number of nitrogens with zero attached hydrogens (tertiary/aromatic N) is 1. The average molecular weight is 407 g/mol. The minimum Gasteiger partial charge on any atom is -0.307 e. The number of carbonyl (C=O) groups is 1. The van der Waals surface area contributed by atoms with Gasteiger partial charge in [-0.25, -0.2) is 4.98 Å². The van der Waals surface area contributed by atoms with Crippen molar-refractivity contribution in [3.8, 4) is 10.6 Å². The molecule has 2 aromatic rings. The Hall–Kier alpha value is -1.42. The highest BCUT2D eigenvalue weighted by atomic mass is 35.5. The number of aromatic nitrogens is 1. The van der Waals surface area contributed by atoms with E-state index in [0.717, 1.165) is 35.2 Å². The van der Waals surface area contributed by atoms with Crippen LogP contribution in [0.1, 0.15) is 10.4 Å². The lowest BCUT2D eigenvalue weighted by atomic mass is 10.1. The van der Waals surface area contributed by atoms with Crippen LogP contribution in [0.2, 0.25) is 5.02 Å². The van der Waals surface area contributed by atoms with Crippen molar-refractivity contribution in [1.29, 1.82) is 0 Å². The minimum atomic E-state index is -4.46. The fourth-order valence-electron chi connectivity index (χ4n) is 1.89. The van der Waals surface area contributed by atoms with E-state index in [0.29, 0.717) is 19.1 Å². The molecule has 124 valence electrons. The predicted molar refractivity (Wildman–Crippen MR) is 93.9 cm³/mol. The molecule has 1 aromatic carbocycles. The van der Waals surface area contributed by atoms with Crippen molar-refractivity contribution in [2.24, 2.45) is 0 Å². The third-order valence-corrected chi connectivity index (χ3v) is 5.43. The van der Waals surface area contributed by atoms with Gasteiger partial charge in [0.05, 0.1) is 15.5 Å². The molecule has 0 radical (unpaired) electrons. The van der Waals surface area contributed by atoms with E-state index < -0.39 is 11.7 Å². The monoisotopic (exact) mass is 406 g/mol. The van der Waals surface area contributed by atoms with Gasteiger partial charge >= 0.3 is 6.18 Å². The maximum atomic E-state index is 12.8. The molecule has 1 saturated heterocycles. The second-order valence-corrected chi connectivity index (χ2v) is 7.80. The Morgan fingerprint density at radius 3 is 2.71 bits per heavy atom. The lowest BCUT2D eigenvalue weighted by molar-refractivity contribution is -0.137. The van der Waals surface area contributed by atoms with Crippen molar-refractivity contribution in [3.63, 3.8) is 0 Å². The number of halogens is 4. The van der Waals surface area contributed by atoms with Gasteiger partial charge in [0.25, 0.3) is 5.91 Å². The predicted octanol–water partition coefficient (Wildman–Crippen LogP) is 4.97. The number of amides is 1. The first-order chi connectivity index (χ1) is 11.2. The number of hydrogen-bond acceptors (Lipinski definition) is 5. The number of hydrogen-bond donors (Lipinski definition) is 1. The highest BCUT2D eigenvalue weighted by Gasteiger charge is 2.31. The summed E-state index contributed by atoms with van der Waals surface area (Å²) in [7, 11) is 0. The first-order valence-electron chi connectivity index (χ1n) is 6.32. The van der Waals surface area contributed by atoms with Crippen LogP contribution in [-0.4, -0.2) is 15.2 Å². The van der Waals surface area contributed by atoms with Crippen molar-refractivity contribution in [1.82, 2.24) is 10.3 Å². The molecule has 1 aliphatic heterocycles. The van der Waals surface area contributed by atoms with Gasteiger partial charge in [-0.1, -0.05) is 35.6 Å². The molecule has 2 heterocycles. The number of rotatable bonds is 2. The number of nitrogens with one attached hydrogen (secondary N) is 1. The Morgan fingerprint density at radius 1 is 1.33 bits per heavy atom. The molecule has 1 aliphatic rings. The lowest BCUT2D eigenvalue weighted by Gasteiger charge is -2.08. The van der Waals surface area contributed by atoms with Crippen LogP contribution < -0.4 is 5.32 Å². The zero-order valence-electron chi connectivity index (χ0n) is 11.5. The Morgan fingerprint density at radius 2 is 2.08 bits per heavy atom. The van der Waals surface area contributed by atoms with E-state index in [1.165, 1.54) is 12.3 Å². The molecule has 24 heavy (non-hydrogen) atoms. The maximum Gasteiger partial charge on any atom is 0.416 e. The van der Waals surface area contributed by atoms with Gasteiger partial charge in [0.1, 0.15) is 9.33 Å². The van der Waals surface area contributed by atoms with Crippen molar-refractivity contribution >= 4 is 63.2 Å². The summed E-state index contributed by atoms with van der Waals surface area (Å²) in [5.41, 5.74) is -0.603. The van der Waals surface area contributed by atoms with E-state index in [4.69, 9.17) is 23.8 Å². The fraction of sp³-hybridized carbons (Fsp3) is 0.0714. The third-order valence-electron chi connectivity index (χ3n) is 2.96. The Balaban J connectivity index is 1.95. The molecule has 3 rings (SSSR count). The summed E-state index contributed by atoms with van der Waals surface area (Å²) in [6, 6.07) is 3.07. The Labute approximate surface area is 152 Å². The normalized spacial score (nSPS) is 16.8. The van der Waals surface area contributed by atoms with Gasteiger partial charge in [0.15, 0.2) is 0 Å². The van der Waals surface area contributed by atoms with Crippen molar-refractivity contribution in [3.05, 3.63) is 44.8 Å². The molecule has 0 unspecified atom stereocenters. The summed E-state index contributed by atoms with van der Waals surface area (Å²) in [6.45, 7) is 0. The van der Waals surface area contributed by atoms with Crippen molar-refractivity contribution in [2.45, 2.75) is 6.18 Å². The SMILES string of the molecule is O=C1NC(=S)S/C1=C\c1cnc(-c2cc(C(F)(F)F)ccc2Cl)s1. The topological polar surface area (TPSA) is 42.0 Å².